The number of sulfone groups is 1. The van der Waals surface area contributed by atoms with E-state index in [-0.39, 0.29) is 12.0 Å². The molecule has 0 aromatic carbocycles. The number of hydrogen-bond acceptors (Lipinski definition) is 5. The number of carbonyl (C=O) groups is 1. The molecule has 2 fully saturated rings. The van der Waals surface area contributed by atoms with Gasteiger partial charge in [0.25, 0.3) is 0 Å². The van der Waals surface area contributed by atoms with Crippen LogP contribution in [0.1, 0.15) is 45.4 Å². The first-order valence-electron chi connectivity index (χ1n) is 8.67. The fraction of sp³-hybridized carbons (Fsp3) is 0.938. The predicted octanol–water partition coefficient (Wildman–Crippen LogP) is 0.865. The maximum absolute atomic E-state index is 12.5. The Bertz CT molecular complexity index is 500. The van der Waals surface area contributed by atoms with Crippen LogP contribution >= 0.6 is 0 Å². The van der Waals surface area contributed by atoms with Gasteiger partial charge < -0.3 is 15.4 Å². The zero-order valence-electron chi connectivity index (χ0n) is 14.3. The number of hydrogen-bond donors (Lipinski definition) is 2. The van der Waals surface area contributed by atoms with Crippen molar-refractivity contribution < 1.29 is 17.9 Å². The third-order valence-electron chi connectivity index (χ3n) is 5.29. The molecule has 2 unspecified atom stereocenters. The molecule has 23 heavy (non-hydrogen) atoms. The number of rotatable bonds is 6. The summed E-state index contributed by atoms with van der Waals surface area (Å²) < 4.78 is 28.9. The van der Waals surface area contributed by atoms with Crippen LogP contribution in [0.2, 0.25) is 0 Å². The fourth-order valence-corrected chi connectivity index (χ4v) is 5.02. The molecule has 1 aliphatic heterocycles. The van der Waals surface area contributed by atoms with E-state index in [2.05, 4.69) is 17.6 Å². The lowest BCUT2D eigenvalue weighted by Crippen LogP contribution is -2.57. The number of piperidine rings is 1. The summed E-state index contributed by atoms with van der Waals surface area (Å²) in [5.74, 6) is 0.188. The van der Waals surface area contributed by atoms with Crippen LogP contribution < -0.4 is 10.6 Å². The monoisotopic (exact) mass is 346 g/mol. The van der Waals surface area contributed by atoms with Crippen molar-refractivity contribution in [2.45, 2.75) is 56.3 Å². The number of carbonyl (C=O) groups excluding carboxylic acids is 1. The van der Waals surface area contributed by atoms with E-state index in [1.807, 2.05) is 0 Å². The van der Waals surface area contributed by atoms with Gasteiger partial charge in [-0.15, -0.1) is 0 Å². The van der Waals surface area contributed by atoms with E-state index >= 15 is 0 Å². The molecular formula is C16H30N2O4S. The molecule has 6 nitrogen and oxygen atoms in total. The van der Waals surface area contributed by atoms with Gasteiger partial charge in [0.1, 0.15) is 0 Å². The molecule has 1 saturated heterocycles. The Labute approximate surface area is 139 Å². The molecule has 2 N–H and O–H groups in total. The van der Waals surface area contributed by atoms with E-state index in [0.717, 1.165) is 12.7 Å². The molecule has 1 heterocycles. The standard InChI is InChI=1S/C16H30N2O4S/c1-13-5-3-4-6-14(13)22-12-11-18-15(19)16(23(2,20)21)7-9-17-10-8-16/h13-14,17H,3-12H2,1-2H3,(H,18,19). The summed E-state index contributed by atoms with van der Waals surface area (Å²) in [6.45, 7) is 4.12. The Morgan fingerprint density at radius 2 is 1.91 bits per heavy atom. The highest BCUT2D eigenvalue weighted by atomic mass is 32.2. The normalized spacial score (nSPS) is 28.3. The Morgan fingerprint density at radius 3 is 2.52 bits per heavy atom. The molecule has 7 heteroatoms. The molecule has 0 aromatic rings. The van der Waals surface area contributed by atoms with Crippen molar-refractivity contribution in [1.29, 1.82) is 0 Å². The summed E-state index contributed by atoms with van der Waals surface area (Å²) in [5, 5.41) is 5.90. The topological polar surface area (TPSA) is 84.5 Å². The van der Waals surface area contributed by atoms with Crippen molar-refractivity contribution in [3.63, 3.8) is 0 Å². The Kier molecular flexibility index (Phi) is 6.45. The van der Waals surface area contributed by atoms with Crippen molar-refractivity contribution in [2.24, 2.45) is 5.92 Å². The Balaban J connectivity index is 1.83. The van der Waals surface area contributed by atoms with Gasteiger partial charge in [0.15, 0.2) is 14.6 Å². The molecule has 0 bridgehead atoms. The van der Waals surface area contributed by atoms with Crippen molar-refractivity contribution in [1.82, 2.24) is 10.6 Å². The number of amides is 1. The van der Waals surface area contributed by atoms with Gasteiger partial charge >= 0.3 is 0 Å². The lowest BCUT2D eigenvalue weighted by atomic mass is 9.88. The summed E-state index contributed by atoms with van der Waals surface area (Å²) in [4.78, 5) is 12.5. The van der Waals surface area contributed by atoms with Gasteiger partial charge in [0, 0.05) is 12.8 Å². The third kappa shape index (κ3) is 4.45. The van der Waals surface area contributed by atoms with Crippen LogP contribution in [0, 0.1) is 5.92 Å². The van der Waals surface area contributed by atoms with Crippen LogP contribution in [0.5, 0.6) is 0 Å². The zero-order chi connectivity index (χ0) is 16.9. The van der Waals surface area contributed by atoms with Crippen LogP contribution in [0.3, 0.4) is 0 Å². The summed E-state index contributed by atoms with van der Waals surface area (Å²) in [7, 11) is -3.45. The molecule has 134 valence electrons. The van der Waals surface area contributed by atoms with Gasteiger partial charge in [-0.05, 0) is 44.7 Å². The Hall–Kier alpha value is -0.660. The molecule has 0 aromatic heterocycles. The first-order chi connectivity index (χ1) is 10.9. The van der Waals surface area contributed by atoms with E-state index < -0.39 is 14.6 Å². The van der Waals surface area contributed by atoms with Crippen molar-refractivity contribution in [3.8, 4) is 0 Å². The van der Waals surface area contributed by atoms with Crippen LogP contribution in [0.15, 0.2) is 0 Å². The van der Waals surface area contributed by atoms with Crippen molar-refractivity contribution >= 4 is 15.7 Å². The number of nitrogens with one attached hydrogen (secondary N) is 2. The van der Waals surface area contributed by atoms with E-state index in [9.17, 15) is 13.2 Å². The SMILES string of the molecule is CC1CCCCC1OCCNC(=O)C1(S(C)(=O)=O)CCNCC1. The van der Waals surface area contributed by atoms with Gasteiger partial charge in [-0.3, -0.25) is 4.79 Å². The fourth-order valence-electron chi connectivity index (χ4n) is 3.66. The van der Waals surface area contributed by atoms with Crippen LogP contribution in [-0.4, -0.2) is 57.7 Å². The van der Waals surface area contributed by atoms with E-state index in [0.29, 0.717) is 45.0 Å². The van der Waals surface area contributed by atoms with Gasteiger partial charge in [-0.1, -0.05) is 19.8 Å². The van der Waals surface area contributed by atoms with Crippen LogP contribution in [-0.2, 0) is 19.4 Å². The highest BCUT2D eigenvalue weighted by Crippen LogP contribution is 2.28. The second-order valence-electron chi connectivity index (χ2n) is 6.94. The summed E-state index contributed by atoms with van der Waals surface area (Å²) in [6, 6.07) is 0. The van der Waals surface area contributed by atoms with Crippen molar-refractivity contribution in [2.75, 3.05) is 32.5 Å². The minimum atomic E-state index is -3.45. The zero-order valence-corrected chi connectivity index (χ0v) is 15.1. The lowest BCUT2D eigenvalue weighted by Gasteiger charge is -2.34. The van der Waals surface area contributed by atoms with E-state index in [1.165, 1.54) is 19.3 Å². The largest absolute Gasteiger partial charge is 0.376 e. The van der Waals surface area contributed by atoms with Gasteiger partial charge in [-0.2, -0.15) is 0 Å². The van der Waals surface area contributed by atoms with Crippen LogP contribution in [0.25, 0.3) is 0 Å². The molecule has 2 atom stereocenters. The maximum Gasteiger partial charge on any atom is 0.241 e. The summed E-state index contributed by atoms with van der Waals surface area (Å²) in [5.41, 5.74) is 0. The molecule has 0 radical (unpaired) electrons. The second-order valence-corrected chi connectivity index (χ2v) is 9.27. The molecule has 1 saturated carbocycles. The predicted molar refractivity (Wildman–Crippen MR) is 90.1 cm³/mol. The molecule has 1 aliphatic carbocycles. The van der Waals surface area contributed by atoms with Gasteiger partial charge in [0.2, 0.25) is 5.91 Å². The highest BCUT2D eigenvalue weighted by molar-refractivity contribution is 7.92. The van der Waals surface area contributed by atoms with Gasteiger partial charge in [-0.25, -0.2) is 8.42 Å². The molecule has 2 aliphatic rings. The van der Waals surface area contributed by atoms with E-state index in [1.54, 1.807) is 0 Å². The Morgan fingerprint density at radius 1 is 1.26 bits per heavy atom. The minimum Gasteiger partial charge on any atom is -0.376 e. The van der Waals surface area contributed by atoms with Crippen molar-refractivity contribution in [3.05, 3.63) is 0 Å². The molecule has 0 spiro atoms. The quantitative estimate of drug-likeness (QED) is 0.697. The van der Waals surface area contributed by atoms with Crippen LogP contribution in [0.4, 0.5) is 0 Å². The second kappa shape index (κ2) is 7.94. The average molecular weight is 346 g/mol. The average Bonchev–Trinajstić information content (AvgIpc) is 2.52. The molecular weight excluding hydrogens is 316 g/mol. The van der Waals surface area contributed by atoms with E-state index in [4.69, 9.17) is 4.74 Å². The molecule has 1 amide bonds. The molecule has 2 rings (SSSR count). The first-order valence-corrected chi connectivity index (χ1v) is 10.6. The summed E-state index contributed by atoms with van der Waals surface area (Å²) in [6.07, 6.45) is 6.83. The minimum absolute atomic E-state index is 0.267. The first kappa shape index (κ1) is 18.7. The van der Waals surface area contributed by atoms with Gasteiger partial charge in [0.05, 0.1) is 12.7 Å². The summed E-state index contributed by atoms with van der Waals surface area (Å²) >= 11 is 0. The number of ether oxygens (including phenoxy) is 1. The lowest BCUT2D eigenvalue weighted by molar-refractivity contribution is -0.124. The maximum atomic E-state index is 12.5. The highest BCUT2D eigenvalue weighted by Gasteiger charge is 2.48. The third-order valence-corrected chi connectivity index (χ3v) is 7.30. The smallest absolute Gasteiger partial charge is 0.241 e.